The number of methoxy groups -OCH3 is 2. The van der Waals surface area contributed by atoms with Gasteiger partial charge in [0.05, 0.1) is 36.5 Å². The zero-order chi connectivity index (χ0) is 19.4. The first-order valence-electron chi connectivity index (χ1n) is 7.23. The first-order chi connectivity index (χ1) is 12.3. The summed E-state index contributed by atoms with van der Waals surface area (Å²) in [4.78, 5) is 47.9. The third-order valence-electron chi connectivity index (χ3n) is 3.63. The Balaban J connectivity index is 3.08. The van der Waals surface area contributed by atoms with Gasteiger partial charge in [-0.05, 0) is 11.6 Å². The minimum atomic E-state index is -1.59. The Morgan fingerprint density at radius 2 is 1.35 bits per heavy atom. The Kier molecular flexibility index (Phi) is 5.36. The molecule has 0 heterocycles. The molecular formula is C18H14O8. The fourth-order valence-corrected chi connectivity index (χ4v) is 2.56. The van der Waals surface area contributed by atoms with Gasteiger partial charge in [0.1, 0.15) is 0 Å². The van der Waals surface area contributed by atoms with Crippen LogP contribution < -0.4 is 0 Å². The molecule has 0 aliphatic carbocycles. The molecule has 134 valence electrons. The standard InChI is InChI=1S/C18H14O8/c1-25-17(23)11-8-10(15(19)20)12(9-6-4-3-5-7-9)14(16(21)22)13(11)18(24)26-2/h3-8H,1-2H3,(H,19,20)(H,21,22). The molecule has 0 aliphatic heterocycles. The van der Waals surface area contributed by atoms with Crippen LogP contribution in [0.2, 0.25) is 0 Å². The van der Waals surface area contributed by atoms with E-state index in [0.717, 1.165) is 20.3 Å². The van der Waals surface area contributed by atoms with Gasteiger partial charge in [0, 0.05) is 5.56 Å². The van der Waals surface area contributed by atoms with Crippen molar-refractivity contribution in [3.63, 3.8) is 0 Å². The molecule has 2 rings (SSSR count). The lowest BCUT2D eigenvalue weighted by Crippen LogP contribution is -2.21. The van der Waals surface area contributed by atoms with E-state index in [9.17, 15) is 29.4 Å². The number of benzene rings is 2. The van der Waals surface area contributed by atoms with Crippen molar-refractivity contribution in [1.82, 2.24) is 0 Å². The third-order valence-corrected chi connectivity index (χ3v) is 3.63. The number of ether oxygens (including phenoxy) is 2. The highest BCUT2D eigenvalue weighted by Crippen LogP contribution is 2.33. The number of carbonyl (C=O) groups is 4. The van der Waals surface area contributed by atoms with E-state index in [1.165, 1.54) is 12.1 Å². The zero-order valence-corrected chi connectivity index (χ0v) is 13.8. The third kappa shape index (κ3) is 3.25. The number of aromatic carboxylic acids is 2. The molecule has 0 amide bonds. The number of rotatable bonds is 5. The molecule has 0 aromatic heterocycles. The molecule has 0 saturated carbocycles. The van der Waals surface area contributed by atoms with Crippen LogP contribution in [0.1, 0.15) is 41.4 Å². The van der Waals surface area contributed by atoms with Gasteiger partial charge in [0.15, 0.2) is 0 Å². The Labute approximate surface area is 147 Å². The number of hydrogen-bond donors (Lipinski definition) is 2. The average Bonchev–Trinajstić information content (AvgIpc) is 2.65. The maximum absolute atomic E-state index is 12.2. The molecule has 0 saturated heterocycles. The summed E-state index contributed by atoms with van der Waals surface area (Å²) in [5.41, 5.74) is -2.14. The van der Waals surface area contributed by atoms with E-state index < -0.39 is 46.1 Å². The SMILES string of the molecule is COC(=O)c1cc(C(=O)O)c(-c2ccccc2)c(C(=O)O)c1C(=O)OC. The van der Waals surface area contributed by atoms with E-state index >= 15 is 0 Å². The summed E-state index contributed by atoms with van der Waals surface area (Å²) >= 11 is 0. The summed E-state index contributed by atoms with van der Waals surface area (Å²) < 4.78 is 9.15. The average molecular weight is 358 g/mol. The number of esters is 2. The Hall–Kier alpha value is -3.68. The molecule has 0 bridgehead atoms. The van der Waals surface area contributed by atoms with E-state index in [1.807, 2.05) is 0 Å². The van der Waals surface area contributed by atoms with Gasteiger partial charge in [0.2, 0.25) is 0 Å². The van der Waals surface area contributed by atoms with Crippen molar-refractivity contribution in [3.05, 3.63) is 58.7 Å². The van der Waals surface area contributed by atoms with Crippen LogP contribution in [0.3, 0.4) is 0 Å². The van der Waals surface area contributed by atoms with Gasteiger partial charge < -0.3 is 19.7 Å². The minimum Gasteiger partial charge on any atom is -0.478 e. The van der Waals surface area contributed by atoms with E-state index in [2.05, 4.69) is 9.47 Å². The van der Waals surface area contributed by atoms with Crippen LogP contribution in [0.15, 0.2) is 36.4 Å². The minimum absolute atomic E-state index is 0.210. The fraction of sp³-hybridized carbons (Fsp3) is 0.111. The summed E-state index contributed by atoms with van der Waals surface area (Å²) in [6, 6.07) is 8.72. The van der Waals surface area contributed by atoms with Gasteiger partial charge in [-0.25, -0.2) is 19.2 Å². The van der Waals surface area contributed by atoms with Gasteiger partial charge in [-0.2, -0.15) is 0 Å². The Bertz CT molecular complexity index is 899. The van der Waals surface area contributed by atoms with Gasteiger partial charge in [0.25, 0.3) is 0 Å². The monoisotopic (exact) mass is 358 g/mol. The summed E-state index contributed by atoms with van der Waals surface area (Å²) in [5, 5.41) is 19.2. The smallest absolute Gasteiger partial charge is 0.339 e. The predicted octanol–water partition coefficient (Wildman–Crippen LogP) is 2.32. The second kappa shape index (κ2) is 7.47. The molecule has 0 radical (unpaired) electrons. The molecule has 0 aliphatic rings. The topological polar surface area (TPSA) is 127 Å². The van der Waals surface area contributed by atoms with Crippen molar-refractivity contribution in [2.45, 2.75) is 0 Å². The quantitative estimate of drug-likeness (QED) is 0.780. The van der Waals surface area contributed by atoms with Gasteiger partial charge in [-0.3, -0.25) is 0 Å². The molecule has 2 aromatic carbocycles. The highest BCUT2D eigenvalue weighted by atomic mass is 16.5. The van der Waals surface area contributed by atoms with Crippen molar-refractivity contribution in [3.8, 4) is 11.1 Å². The summed E-state index contributed by atoms with van der Waals surface area (Å²) in [6.45, 7) is 0. The van der Waals surface area contributed by atoms with Crippen molar-refractivity contribution < 1.29 is 38.9 Å². The molecule has 2 N–H and O–H groups in total. The second-order valence-electron chi connectivity index (χ2n) is 5.06. The van der Waals surface area contributed by atoms with E-state index in [-0.39, 0.29) is 11.1 Å². The van der Waals surface area contributed by atoms with Crippen LogP contribution in [0.25, 0.3) is 11.1 Å². The van der Waals surface area contributed by atoms with Crippen LogP contribution in [0.5, 0.6) is 0 Å². The second-order valence-corrected chi connectivity index (χ2v) is 5.06. The maximum Gasteiger partial charge on any atom is 0.339 e. The predicted molar refractivity (Wildman–Crippen MR) is 88.5 cm³/mol. The lowest BCUT2D eigenvalue weighted by molar-refractivity contribution is 0.0547. The number of carbonyl (C=O) groups excluding carboxylic acids is 2. The van der Waals surface area contributed by atoms with Crippen LogP contribution >= 0.6 is 0 Å². The normalized spacial score (nSPS) is 10.1. The lowest BCUT2D eigenvalue weighted by atomic mass is 9.87. The molecule has 0 atom stereocenters. The summed E-state index contributed by atoms with van der Waals surface area (Å²) in [7, 11) is 2.04. The molecule has 0 fully saturated rings. The maximum atomic E-state index is 12.2. The molecule has 0 unspecified atom stereocenters. The van der Waals surface area contributed by atoms with Crippen LogP contribution in [0, 0.1) is 0 Å². The Morgan fingerprint density at radius 1 is 0.769 bits per heavy atom. The van der Waals surface area contributed by atoms with Gasteiger partial charge in [-0.1, -0.05) is 30.3 Å². The highest BCUT2D eigenvalue weighted by Gasteiger charge is 2.33. The zero-order valence-electron chi connectivity index (χ0n) is 13.8. The molecule has 8 nitrogen and oxygen atoms in total. The van der Waals surface area contributed by atoms with E-state index in [4.69, 9.17) is 0 Å². The number of carboxylic acid groups (broad SMARTS) is 2. The van der Waals surface area contributed by atoms with Gasteiger partial charge >= 0.3 is 23.9 Å². The highest BCUT2D eigenvalue weighted by molar-refractivity contribution is 6.16. The van der Waals surface area contributed by atoms with Crippen LogP contribution in [-0.4, -0.2) is 48.3 Å². The first-order valence-corrected chi connectivity index (χ1v) is 7.23. The van der Waals surface area contributed by atoms with Crippen LogP contribution in [-0.2, 0) is 9.47 Å². The van der Waals surface area contributed by atoms with Crippen molar-refractivity contribution in [1.29, 1.82) is 0 Å². The lowest BCUT2D eigenvalue weighted by Gasteiger charge is -2.17. The number of hydrogen-bond acceptors (Lipinski definition) is 6. The largest absolute Gasteiger partial charge is 0.478 e. The Morgan fingerprint density at radius 3 is 1.81 bits per heavy atom. The van der Waals surface area contributed by atoms with Crippen LogP contribution in [0.4, 0.5) is 0 Å². The van der Waals surface area contributed by atoms with Crippen molar-refractivity contribution in [2.24, 2.45) is 0 Å². The summed E-state index contributed by atoms with van der Waals surface area (Å²) in [5.74, 6) is -5.21. The molecular weight excluding hydrogens is 344 g/mol. The summed E-state index contributed by atoms with van der Waals surface area (Å²) in [6.07, 6.45) is 0. The first kappa shape index (κ1) is 18.7. The molecule has 0 spiro atoms. The van der Waals surface area contributed by atoms with Gasteiger partial charge in [-0.15, -0.1) is 0 Å². The molecule has 8 heteroatoms. The molecule has 2 aromatic rings. The number of carboxylic acids is 2. The van der Waals surface area contributed by atoms with Crippen molar-refractivity contribution >= 4 is 23.9 Å². The van der Waals surface area contributed by atoms with Crippen molar-refractivity contribution in [2.75, 3.05) is 14.2 Å². The molecule has 26 heavy (non-hydrogen) atoms. The fourth-order valence-electron chi connectivity index (χ4n) is 2.56. The van der Waals surface area contributed by atoms with E-state index in [0.29, 0.717) is 0 Å². The van der Waals surface area contributed by atoms with E-state index in [1.54, 1.807) is 18.2 Å².